The zero-order valence-corrected chi connectivity index (χ0v) is 21.4. The van der Waals surface area contributed by atoms with Gasteiger partial charge in [0.15, 0.2) is 11.5 Å². The number of ether oxygens (including phenoxy) is 3. The fourth-order valence-electron chi connectivity index (χ4n) is 4.28. The van der Waals surface area contributed by atoms with Gasteiger partial charge in [-0.15, -0.1) is 0 Å². The summed E-state index contributed by atoms with van der Waals surface area (Å²) in [7, 11) is 4.49. The SMILES string of the molecule is CCN(CC)CCN1C(=O)C(=O)/C(=C(/O)c2cc(Cl)ccc2OC)C1c1ccc(OC)c(OC)c1. The molecule has 1 fully saturated rings. The summed E-state index contributed by atoms with van der Waals surface area (Å²) in [6.45, 7) is 6.56. The normalized spacial score (nSPS) is 17.2. The third kappa shape index (κ3) is 5.23. The number of methoxy groups -OCH3 is 3. The van der Waals surface area contributed by atoms with Gasteiger partial charge in [-0.2, -0.15) is 0 Å². The van der Waals surface area contributed by atoms with Crippen molar-refractivity contribution >= 4 is 29.1 Å². The Morgan fingerprint density at radius 3 is 2.20 bits per heavy atom. The smallest absolute Gasteiger partial charge is 0.295 e. The zero-order chi connectivity index (χ0) is 25.7. The van der Waals surface area contributed by atoms with Crippen LogP contribution >= 0.6 is 11.6 Å². The van der Waals surface area contributed by atoms with Gasteiger partial charge in [-0.1, -0.05) is 31.5 Å². The number of likely N-dealkylation sites (N-methyl/N-ethyl adjacent to an activating group) is 1. The number of aliphatic hydroxyl groups is 1. The van der Waals surface area contributed by atoms with E-state index in [9.17, 15) is 14.7 Å². The number of carbonyl (C=O) groups excluding carboxylic acids is 2. The zero-order valence-electron chi connectivity index (χ0n) is 20.6. The van der Waals surface area contributed by atoms with Crippen LogP contribution in [0.1, 0.15) is 31.0 Å². The highest BCUT2D eigenvalue weighted by Crippen LogP contribution is 2.43. The maximum atomic E-state index is 13.3. The summed E-state index contributed by atoms with van der Waals surface area (Å²) >= 11 is 6.17. The molecule has 1 N–H and O–H groups in total. The number of ketones is 1. The number of halogens is 1. The highest BCUT2D eigenvalue weighted by atomic mass is 35.5. The molecule has 1 atom stereocenters. The minimum atomic E-state index is -0.839. The summed E-state index contributed by atoms with van der Waals surface area (Å²) in [6, 6.07) is 9.05. The van der Waals surface area contributed by atoms with Crippen LogP contribution in [0.4, 0.5) is 0 Å². The highest BCUT2D eigenvalue weighted by molar-refractivity contribution is 6.46. The molecule has 0 radical (unpaired) electrons. The first kappa shape index (κ1) is 26.4. The first-order valence-electron chi connectivity index (χ1n) is 11.4. The Morgan fingerprint density at radius 1 is 0.971 bits per heavy atom. The van der Waals surface area contributed by atoms with Gasteiger partial charge in [0.2, 0.25) is 0 Å². The van der Waals surface area contributed by atoms with Gasteiger partial charge in [-0.05, 0) is 49.0 Å². The van der Waals surface area contributed by atoms with Gasteiger partial charge < -0.3 is 29.1 Å². The number of nitrogens with zero attached hydrogens (tertiary/aromatic N) is 2. The summed E-state index contributed by atoms with van der Waals surface area (Å²) in [4.78, 5) is 30.2. The second kappa shape index (κ2) is 11.5. The fourth-order valence-corrected chi connectivity index (χ4v) is 4.45. The molecule has 0 saturated carbocycles. The van der Waals surface area contributed by atoms with Crippen LogP contribution in [0.2, 0.25) is 5.02 Å². The Morgan fingerprint density at radius 2 is 1.60 bits per heavy atom. The van der Waals surface area contributed by atoms with E-state index in [1.165, 1.54) is 32.3 Å². The van der Waals surface area contributed by atoms with Crippen LogP contribution < -0.4 is 14.2 Å². The molecule has 1 amide bonds. The molecule has 3 rings (SSSR count). The summed E-state index contributed by atoms with van der Waals surface area (Å²) in [6.07, 6.45) is 0. The quantitative estimate of drug-likeness (QED) is 0.297. The monoisotopic (exact) mass is 502 g/mol. The van der Waals surface area contributed by atoms with E-state index >= 15 is 0 Å². The molecular formula is C26H31ClN2O6. The maximum Gasteiger partial charge on any atom is 0.295 e. The second-order valence-corrected chi connectivity index (χ2v) is 8.41. The van der Waals surface area contributed by atoms with Crippen LogP contribution in [-0.2, 0) is 9.59 Å². The molecule has 1 heterocycles. The molecule has 0 aromatic heterocycles. The molecular weight excluding hydrogens is 472 g/mol. The van der Waals surface area contributed by atoms with Crippen molar-refractivity contribution in [3.05, 3.63) is 58.1 Å². The van der Waals surface area contributed by atoms with E-state index in [0.717, 1.165) is 13.1 Å². The molecule has 188 valence electrons. The van der Waals surface area contributed by atoms with Gasteiger partial charge in [-0.3, -0.25) is 9.59 Å². The van der Waals surface area contributed by atoms with E-state index in [2.05, 4.69) is 4.90 Å². The number of carbonyl (C=O) groups is 2. The number of benzene rings is 2. The molecule has 35 heavy (non-hydrogen) atoms. The van der Waals surface area contributed by atoms with Crippen LogP contribution in [-0.4, -0.2) is 74.1 Å². The Kier molecular flexibility index (Phi) is 8.64. The third-order valence-electron chi connectivity index (χ3n) is 6.23. The predicted octanol–water partition coefficient (Wildman–Crippen LogP) is 4.13. The van der Waals surface area contributed by atoms with Crippen molar-refractivity contribution in [1.29, 1.82) is 0 Å². The minimum Gasteiger partial charge on any atom is -0.507 e. The number of amides is 1. The number of likely N-dealkylation sites (tertiary alicyclic amines) is 1. The van der Waals surface area contributed by atoms with E-state index in [-0.39, 0.29) is 16.9 Å². The van der Waals surface area contributed by atoms with Crippen molar-refractivity contribution in [2.75, 3.05) is 47.5 Å². The molecule has 0 aliphatic carbocycles. The highest BCUT2D eigenvalue weighted by Gasteiger charge is 2.46. The largest absolute Gasteiger partial charge is 0.507 e. The fraction of sp³-hybridized carbons (Fsp3) is 0.385. The topological polar surface area (TPSA) is 88.5 Å². The number of hydrogen-bond acceptors (Lipinski definition) is 7. The lowest BCUT2D eigenvalue weighted by molar-refractivity contribution is -0.140. The first-order chi connectivity index (χ1) is 16.8. The molecule has 2 aromatic rings. The molecule has 0 bridgehead atoms. The summed E-state index contributed by atoms with van der Waals surface area (Å²) < 4.78 is 16.2. The van der Waals surface area contributed by atoms with Gasteiger partial charge in [0.05, 0.1) is 38.5 Å². The van der Waals surface area contributed by atoms with Gasteiger partial charge >= 0.3 is 0 Å². The number of hydrogen-bond donors (Lipinski definition) is 1. The number of aliphatic hydroxyl groups excluding tert-OH is 1. The minimum absolute atomic E-state index is 0.0395. The van der Waals surface area contributed by atoms with Crippen LogP contribution in [0, 0.1) is 0 Å². The molecule has 0 spiro atoms. The van der Waals surface area contributed by atoms with Crippen molar-refractivity contribution in [1.82, 2.24) is 9.80 Å². The summed E-state index contributed by atoms with van der Waals surface area (Å²) in [5.41, 5.74) is 0.790. The van der Waals surface area contributed by atoms with Crippen LogP contribution in [0.25, 0.3) is 5.76 Å². The van der Waals surface area contributed by atoms with Crippen molar-refractivity contribution < 1.29 is 28.9 Å². The third-order valence-corrected chi connectivity index (χ3v) is 6.47. The first-order valence-corrected chi connectivity index (χ1v) is 11.8. The van der Waals surface area contributed by atoms with Crippen molar-refractivity contribution in [2.24, 2.45) is 0 Å². The second-order valence-electron chi connectivity index (χ2n) is 7.98. The molecule has 9 heteroatoms. The van der Waals surface area contributed by atoms with Gasteiger partial charge in [-0.25, -0.2) is 0 Å². The van der Waals surface area contributed by atoms with E-state index in [4.69, 9.17) is 25.8 Å². The van der Waals surface area contributed by atoms with E-state index in [0.29, 0.717) is 40.9 Å². The lowest BCUT2D eigenvalue weighted by Gasteiger charge is -2.28. The average Bonchev–Trinajstić information content (AvgIpc) is 3.13. The van der Waals surface area contributed by atoms with Crippen molar-refractivity contribution in [3.8, 4) is 17.2 Å². The van der Waals surface area contributed by atoms with Gasteiger partial charge in [0.1, 0.15) is 11.5 Å². The number of rotatable bonds is 10. The van der Waals surface area contributed by atoms with E-state index in [1.807, 2.05) is 13.8 Å². The Labute approximate surface area is 210 Å². The Bertz CT molecular complexity index is 1130. The Balaban J connectivity index is 2.21. The molecule has 1 saturated heterocycles. The standard InChI is InChI=1S/C26H31ClN2O6/c1-6-28(7-2)12-13-29-23(16-8-10-20(34-4)21(14-16)35-5)22(25(31)26(29)32)24(30)18-15-17(27)9-11-19(18)33-3/h8-11,14-15,23,30H,6-7,12-13H2,1-5H3/b24-22+. The lowest BCUT2D eigenvalue weighted by Crippen LogP contribution is -2.38. The van der Waals surface area contributed by atoms with E-state index in [1.54, 1.807) is 30.3 Å². The Hall–Kier alpha value is -3.23. The molecule has 1 aliphatic rings. The molecule has 2 aromatic carbocycles. The van der Waals surface area contributed by atoms with Crippen molar-refractivity contribution in [3.63, 3.8) is 0 Å². The number of Topliss-reactive ketones (excluding diaryl/α,β-unsaturated/α-hetero) is 1. The van der Waals surface area contributed by atoms with Crippen LogP contribution in [0.3, 0.4) is 0 Å². The maximum absolute atomic E-state index is 13.3. The average molecular weight is 503 g/mol. The van der Waals surface area contributed by atoms with Crippen LogP contribution in [0.5, 0.6) is 17.2 Å². The van der Waals surface area contributed by atoms with Gasteiger partial charge in [0.25, 0.3) is 11.7 Å². The molecule has 1 aliphatic heterocycles. The summed E-state index contributed by atoms with van der Waals surface area (Å²) in [5, 5.41) is 11.7. The van der Waals surface area contributed by atoms with Crippen LogP contribution in [0.15, 0.2) is 42.0 Å². The van der Waals surface area contributed by atoms with Crippen molar-refractivity contribution in [2.45, 2.75) is 19.9 Å². The summed E-state index contributed by atoms with van der Waals surface area (Å²) in [5.74, 6) is -0.531. The predicted molar refractivity (Wildman–Crippen MR) is 134 cm³/mol. The molecule has 8 nitrogen and oxygen atoms in total. The van der Waals surface area contributed by atoms with E-state index < -0.39 is 17.7 Å². The lowest BCUT2D eigenvalue weighted by atomic mass is 9.94. The molecule has 1 unspecified atom stereocenters. The van der Waals surface area contributed by atoms with Gasteiger partial charge in [0, 0.05) is 18.1 Å².